The summed E-state index contributed by atoms with van der Waals surface area (Å²) in [6, 6.07) is 12.3. The molecule has 0 aliphatic carbocycles. The minimum absolute atomic E-state index is 0.158. The van der Waals surface area contributed by atoms with Crippen molar-refractivity contribution in [3.05, 3.63) is 48.3 Å². The van der Waals surface area contributed by atoms with Crippen LogP contribution in [0.15, 0.2) is 42.6 Å². The Kier molecular flexibility index (Phi) is 3.78. The summed E-state index contributed by atoms with van der Waals surface area (Å²) in [5.41, 5.74) is 2.06. The van der Waals surface area contributed by atoms with E-state index < -0.39 is 0 Å². The van der Waals surface area contributed by atoms with Gasteiger partial charge in [-0.2, -0.15) is 5.10 Å². The standard InChI is InChI=1S/C15H18N4O/c20-15-7-6-12(17-15)10-16-11-13-8-9-19(18-13)14-4-2-1-3-5-14/h1-5,8-9,12,16H,6-7,10-11H2,(H,17,20). The van der Waals surface area contributed by atoms with Crippen LogP contribution in [0.1, 0.15) is 18.5 Å². The molecule has 1 aromatic heterocycles. The van der Waals surface area contributed by atoms with Crippen LogP contribution in [0.3, 0.4) is 0 Å². The Morgan fingerprint density at radius 1 is 1.30 bits per heavy atom. The molecule has 1 atom stereocenters. The molecule has 2 aromatic rings. The fraction of sp³-hybridized carbons (Fsp3) is 0.333. The third kappa shape index (κ3) is 3.05. The van der Waals surface area contributed by atoms with Crippen molar-refractivity contribution < 1.29 is 4.79 Å². The molecule has 0 saturated carbocycles. The lowest BCUT2D eigenvalue weighted by Crippen LogP contribution is -2.35. The van der Waals surface area contributed by atoms with Crippen LogP contribution in [-0.4, -0.2) is 28.3 Å². The quantitative estimate of drug-likeness (QED) is 0.859. The van der Waals surface area contributed by atoms with Gasteiger partial charge in [-0.15, -0.1) is 0 Å². The zero-order valence-corrected chi connectivity index (χ0v) is 11.2. The fourth-order valence-corrected chi connectivity index (χ4v) is 2.39. The highest BCUT2D eigenvalue weighted by atomic mass is 16.1. The molecule has 1 unspecified atom stereocenters. The zero-order valence-electron chi connectivity index (χ0n) is 11.2. The average molecular weight is 270 g/mol. The second kappa shape index (κ2) is 5.88. The highest BCUT2D eigenvalue weighted by Crippen LogP contribution is 2.07. The highest BCUT2D eigenvalue weighted by Gasteiger charge is 2.19. The number of aromatic nitrogens is 2. The van der Waals surface area contributed by atoms with Gasteiger partial charge in [-0.3, -0.25) is 4.79 Å². The van der Waals surface area contributed by atoms with E-state index in [1.807, 2.05) is 47.3 Å². The molecule has 0 radical (unpaired) electrons. The number of para-hydroxylation sites is 1. The number of amides is 1. The van der Waals surface area contributed by atoms with Crippen molar-refractivity contribution in [1.82, 2.24) is 20.4 Å². The van der Waals surface area contributed by atoms with Gasteiger partial charge in [-0.05, 0) is 24.6 Å². The number of hydrogen-bond donors (Lipinski definition) is 2. The summed E-state index contributed by atoms with van der Waals surface area (Å²) in [5.74, 6) is 0.158. The number of nitrogens with zero attached hydrogens (tertiary/aromatic N) is 2. The van der Waals surface area contributed by atoms with Crippen LogP contribution >= 0.6 is 0 Å². The Balaban J connectivity index is 1.52. The Labute approximate surface area is 118 Å². The molecule has 5 heteroatoms. The summed E-state index contributed by atoms with van der Waals surface area (Å²) in [6.07, 6.45) is 3.53. The monoisotopic (exact) mass is 270 g/mol. The smallest absolute Gasteiger partial charge is 0.220 e. The van der Waals surface area contributed by atoms with Crippen LogP contribution in [0, 0.1) is 0 Å². The second-order valence-electron chi connectivity index (χ2n) is 5.02. The van der Waals surface area contributed by atoms with E-state index in [0.29, 0.717) is 13.0 Å². The molecule has 2 N–H and O–H groups in total. The minimum atomic E-state index is 0.158. The molecule has 1 aromatic carbocycles. The Hall–Kier alpha value is -2.14. The summed E-state index contributed by atoms with van der Waals surface area (Å²) in [7, 11) is 0. The summed E-state index contributed by atoms with van der Waals surface area (Å²) >= 11 is 0. The molecule has 1 fully saturated rings. The van der Waals surface area contributed by atoms with Gasteiger partial charge in [0.15, 0.2) is 0 Å². The predicted octanol–water partition coefficient (Wildman–Crippen LogP) is 1.24. The van der Waals surface area contributed by atoms with Crippen LogP contribution in [0.4, 0.5) is 0 Å². The minimum Gasteiger partial charge on any atom is -0.352 e. The van der Waals surface area contributed by atoms with Gasteiger partial charge in [-0.25, -0.2) is 4.68 Å². The normalized spacial score (nSPS) is 18.2. The summed E-state index contributed by atoms with van der Waals surface area (Å²) in [4.78, 5) is 11.1. The van der Waals surface area contributed by atoms with E-state index in [4.69, 9.17) is 0 Å². The zero-order chi connectivity index (χ0) is 13.8. The first-order valence-electron chi connectivity index (χ1n) is 6.91. The number of rotatable bonds is 5. The largest absolute Gasteiger partial charge is 0.352 e. The molecule has 1 aliphatic heterocycles. The topological polar surface area (TPSA) is 59.0 Å². The van der Waals surface area contributed by atoms with Gasteiger partial charge in [0.2, 0.25) is 5.91 Å². The summed E-state index contributed by atoms with van der Waals surface area (Å²) < 4.78 is 1.87. The third-order valence-corrected chi connectivity index (χ3v) is 3.45. The fourth-order valence-electron chi connectivity index (χ4n) is 2.39. The van der Waals surface area contributed by atoms with Crippen molar-refractivity contribution >= 4 is 5.91 Å². The lowest BCUT2D eigenvalue weighted by atomic mass is 10.2. The lowest BCUT2D eigenvalue weighted by molar-refractivity contribution is -0.119. The van der Waals surface area contributed by atoms with Crippen LogP contribution in [0.25, 0.3) is 5.69 Å². The number of carbonyl (C=O) groups excluding carboxylic acids is 1. The molecule has 0 bridgehead atoms. The van der Waals surface area contributed by atoms with Gasteiger partial charge >= 0.3 is 0 Å². The van der Waals surface area contributed by atoms with Crippen molar-refractivity contribution in [2.24, 2.45) is 0 Å². The Morgan fingerprint density at radius 3 is 2.90 bits per heavy atom. The van der Waals surface area contributed by atoms with Crippen molar-refractivity contribution in [2.45, 2.75) is 25.4 Å². The first-order chi connectivity index (χ1) is 9.81. The molecule has 20 heavy (non-hydrogen) atoms. The van der Waals surface area contributed by atoms with Gasteiger partial charge in [0.05, 0.1) is 11.4 Å². The molecular weight excluding hydrogens is 252 g/mol. The maximum Gasteiger partial charge on any atom is 0.220 e. The molecule has 104 valence electrons. The van der Waals surface area contributed by atoms with E-state index in [9.17, 15) is 4.79 Å². The van der Waals surface area contributed by atoms with Gasteiger partial charge in [0.25, 0.3) is 0 Å². The summed E-state index contributed by atoms with van der Waals surface area (Å²) in [6.45, 7) is 1.51. The van der Waals surface area contributed by atoms with E-state index in [2.05, 4.69) is 15.7 Å². The molecule has 2 heterocycles. The molecule has 0 spiro atoms. The first-order valence-corrected chi connectivity index (χ1v) is 6.91. The molecule has 1 saturated heterocycles. The maximum absolute atomic E-state index is 11.1. The number of carbonyl (C=O) groups is 1. The van der Waals surface area contributed by atoms with Crippen LogP contribution < -0.4 is 10.6 Å². The van der Waals surface area contributed by atoms with Crippen molar-refractivity contribution in [2.75, 3.05) is 6.54 Å². The van der Waals surface area contributed by atoms with Crippen LogP contribution in [0.2, 0.25) is 0 Å². The van der Waals surface area contributed by atoms with E-state index in [1.165, 1.54) is 0 Å². The number of hydrogen-bond acceptors (Lipinski definition) is 3. The van der Waals surface area contributed by atoms with E-state index in [-0.39, 0.29) is 11.9 Å². The first kappa shape index (κ1) is 12.9. The third-order valence-electron chi connectivity index (χ3n) is 3.45. The average Bonchev–Trinajstić information content (AvgIpc) is 3.09. The highest BCUT2D eigenvalue weighted by molar-refractivity contribution is 5.78. The lowest BCUT2D eigenvalue weighted by Gasteiger charge is -2.10. The van der Waals surface area contributed by atoms with Crippen LogP contribution in [-0.2, 0) is 11.3 Å². The Bertz CT molecular complexity index is 579. The van der Waals surface area contributed by atoms with Crippen molar-refractivity contribution in [1.29, 1.82) is 0 Å². The van der Waals surface area contributed by atoms with Gasteiger partial charge in [0.1, 0.15) is 0 Å². The maximum atomic E-state index is 11.1. The second-order valence-corrected chi connectivity index (χ2v) is 5.02. The Morgan fingerprint density at radius 2 is 2.15 bits per heavy atom. The molecular formula is C15H18N4O. The molecule has 5 nitrogen and oxygen atoms in total. The van der Waals surface area contributed by atoms with E-state index in [0.717, 1.165) is 24.3 Å². The number of nitrogens with one attached hydrogen (secondary N) is 2. The molecule has 3 rings (SSSR count). The van der Waals surface area contributed by atoms with E-state index in [1.54, 1.807) is 0 Å². The SMILES string of the molecule is O=C1CCC(CNCc2ccn(-c3ccccc3)n2)N1. The number of benzene rings is 1. The van der Waals surface area contributed by atoms with Gasteiger partial charge in [-0.1, -0.05) is 18.2 Å². The molecule has 1 amide bonds. The molecule has 1 aliphatic rings. The predicted molar refractivity (Wildman–Crippen MR) is 76.4 cm³/mol. The van der Waals surface area contributed by atoms with Gasteiger partial charge < -0.3 is 10.6 Å². The van der Waals surface area contributed by atoms with Crippen molar-refractivity contribution in [3.8, 4) is 5.69 Å². The van der Waals surface area contributed by atoms with E-state index >= 15 is 0 Å². The van der Waals surface area contributed by atoms with Crippen molar-refractivity contribution in [3.63, 3.8) is 0 Å². The summed E-state index contributed by atoms with van der Waals surface area (Å²) in [5, 5.41) is 10.8. The van der Waals surface area contributed by atoms with Crippen LogP contribution in [0.5, 0.6) is 0 Å². The van der Waals surface area contributed by atoms with Gasteiger partial charge in [0, 0.05) is 31.7 Å².